The van der Waals surface area contributed by atoms with E-state index >= 15 is 0 Å². The summed E-state index contributed by atoms with van der Waals surface area (Å²) >= 11 is 5.29. The summed E-state index contributed by atoms with van der Waals surface area (Å²) in [4.78, 5) is 19.1. The molecule has 2 aliphatic heterocycles. The zero-order chi connectivity index (χ0) is 37.2. The van der Waals surface area contributed by atoms with Gasteiger partial charge in [0.05, 0.1) is 27.8 Å². The number of methoxy groups -OCH3 is 1. The molecule has 0 saturated carbocycles. The second-order valence-electron chi connectivity index (χ2n) is 15.3. The highest BCUT2D eigenvalue weighted by atomic mass is 79.9. The van der Waals surface area contributed by atoms with Crippen LogP contribution in [0.5, 0.6) is 5.75 Å². The fourth-order valence-corrected chi connectivity index (χ4v) is 9.66. The van der Waals surface area contributed by atoms with Crippen LogP contribution in [-0.2, 0) is 4.57 Å². The molecule has 2 aromatic heterocycles. The Labute approximate surface area is 323 Å². The van der Waals surface area contributed by atoms with Gasteiger partial charge in [-0.3, -0.25) is 4.90 Å². The summed E-state index contributed by atoms with van der Waals surface area (Å²) in [5, 5.41) is 7.60. The van der Waals surface area contributed by atoms with Gasteiger partial charge in [-0.25, -0.2) is 4.98 Å². The van der Waals surface area contributed by atoms with Crippen molar-refractivity contribution in [1.29, 1.82) is 0 Å². The number of thiophene rings is 1. The van der Waals surface area contributed by atoms with E-state index in [1.54, 1.807) is 38.0 Å². The van der Waals surface area contributed by atoms with Crippen molar-refractivity contribution in [1.82, 2.24) is 19.8 Å². The molecule has 2 fully saturated rings. The molecule has 6 rings (SSSR count). The van der Waals surface area contributed by atoms with Gasteiger partial charge in [-0.05, 0) is 97.5 Å². The lowest BCUT2D eigenvalue weighted by atomic mass is 10.0. The van der Waals surface area contributed by atoms with Crippen LogP contribution in [0, 0.1) is 18.4 Å². The quantitative estimate of drug-likeness (QED) is 0.0982. The van der Waals surface area contributed by atoms with Crippen LogP contribution in [0.3, 0.4) is 0 Å². The van der Waals surface area contributed by atoms with Crippen molar-refractivity contribution < 1.29 is 9.30 Å². The number of likely N-dealkylation sites (N-methyl/N-ethyl adjacent to an activating group) is 1. The SMILES string of the molecule is COc1cc(N2CCC(N3CCN(C)CC3)CC2)c(C)cc1Nc1ncc(Br)c(Nc2ccc(-c3ccc(C#C[Si](C)(C)C)s3)cc2P(C)(C)=O)n1. The van der Waals surface area contributed by atoms with Crippen molar-refractivity contribution in [2.45, 2.75) is 45.4 Å². The number of hydrogen-bond donors (Lipinski definition) is 2. The minimum atomic E-state index is -2.68. The number of nitrogens with zero attached hydrogens (tertiary/aromatic N) is 5. The summed E-state index contributed by atoms with van der Waals surface area (Å²) in [6.45, 7) is 19.2. The number of anilines is 5. The zero-order valence-corrected chi connectivity index (χ0v) is 35.9. The number of aryl methyl sites for hydroxylation is 1. The lowest BCUT2D eigenvalue weighted by Crippen LogP contribution is -2.52. The van der Waals surface area contributed by atoms with E-state index in [4.69, 9.17) is 9.72 Å². The number of halogens is 1. The fraction of sp³-hybridized carbons (Fsp3) is 0.436. The fourth-order valence-electron chi connectivity index (χ4n) is 6.75. The summed E-state index contributed by atoms with van der Waals surface area (Å²) in [6.07, 6.45) is 4.07. The first-order chi connectivity index (χ1) is 24.7. The van der Waals surface area contributed by atoms with Crippen molar-refractivity contribution >= 4 is 76.6 Å². The minimum absolute atomic E-state index is 0.420. The first-order valence-electron chi connectivity index (χ1n) is 17.9. The third kappa shape index (κ3) is 9.48. The molecule has 2 aromatic carbocycles. The van der Waals surface area contributed by atoms with Gasteiger partial charge in [-0.1, -0.05) is 31.6 Å². The van der Waals surface area contributed by atoms with E-state index in [-0.39, 0.29) is 0 Å². The minimum Gasteiger partial charge on any atom is -0.494 e. The number of hydrogen-bond acceptors (Lipinski definition) is 10. The molecule has 276 valence electrons. The van der Waals surface area contributed by atoms with Crippen molar-refractivity contribution in [3.05, 3.63) is 63.6 Å². The van der Waals surface area contributed by atoms with Gasteiger partial charge in [0.25, 0.3) is 0 Å². The van der Waals surface area contributed by atoms with Crippen molar-refractivity contribution in [3.63, 3.8) is 0 Å². The second kappa shape index (κ2) is 16.1. The predicted molar refractivity (Wildman–Crippen MR) is 227 cm³/mol. The average Bonchev–Trinajstić information content (AvgIpc) is 3.58. The largest absolute Gasteiger partial charge is 0.494 e. The van der Waals surface area contributed by atoms with E-state index < -0.39 is 15.2 Å². The van der Waals surface area contributed by atoms with Crippen LogP contribution < -0.4 is 25.6 Å². The summed E-state index contributed by atoms with van der Waals surface area (Å²) in [7, 11) is -0.232. The molecular weight excluding hydrogens is 770 g/mol. The number of aromatic nitrogens is 2. The van der Waals surface area contributed by atoms with E-state index in [1.807, 2.05) is 12.1 Å². The molecule has 4 aromatic rings. The highest BCUT2D eigenvalue weighted by molar-refractivity contribution is 9.10. The Balaban J connectivity index is 1.19. The van der Waals surface area contributed by atoms with E-state index in [2.05, 4.69) is 122 Å². The van der Waals surface area contributed by atoms with Gasteiger partial charge in [0.15, 0.2) is 0 Å². The van der Waals surface area contributed by atoms with Gasteiger partial charge in [0.2, 0.25) is 5.95 Å². The maximum absolute atomic E-state index is 13.6. The summed E-state index contributed by atoms with van der Waals surface area (Å²) in [5.41, 5.74) is 8.38. The average molecular weight is 821 g/mol. The van der Waals surface area contributed by atoms with Gasteiger partial charge < -0.3 is 29.7 Å². The van der Waals surface area contributed by atoms with Crippen molar-refractivity contribution in [2.24, 2.45) is 0 Å². The molecule has 2 aliphatic rings. The van der Waals surface area contributed by atoms with Crippen molar-refractivity contribution in [3.8, 4) is 27.7 Å². The Morgan fingerprint density at radius 3 is 2.38 bits per heavy atom. The van der Waals surface area contributed by atoms with Crippen molar-refractivity contribution in [2.75, 3.05) is 82.3 Å². The van der Waals surface area contributed by atoms with E-state index in [1.165, 1.54) is 37.2 Å². The molecule has 0 atom stereocenters. The topological polar surface area (TPSA) is 85.9 Å². The molecule has 0 bridgehead atoms. The maximum atomic E-state index is 13.6. The van der Waals surface area contributed by atoms with Crippen LogP contribution in [0.15, 0.2) is 53.1 Å². The Hall–Kier alpha value is -3.17. The van der Waals surface area contributed by atoms with Crippen LogP contribution in [0.2, 0.25) is 19.6 Å². The predicted octanol–water partition coefficient (Wildman–Crippen LogP) is 8.46. The first kappa shape index (κ1) is 38.5. The number of ether oxygens (including phenoxy) is 1. The summed E-state index contributed by atoms with van der Waals surface area (Å²) in [5.74, 6) is 5.08. The first-order valence-corrected chi connectivity index (χ1v) is 25.6. The molecule has 0 amide bonds. The normalized spacial score (nSPS) is 16.4. The molecule has 0 unspecified atom stereocenters. The highest BCUT2D eigenvalue weighted by Gasteiger charge is 2.28. The number of benzene rings is 2. The van der Waals surface area contributed by atoms with Crippen LogP contribution in [-0.4, -0.2) is 101 Å². The zero-order valence-electron chi connectivity index (χ0n) is 31.6. The van der Waals surface area contributed by atoms with Gasteiger partial charge in [-0.15, -0.1) is 16.9 Å². The number of piperidine rings is 1. The third-order valence-electron chi connectivity index (χ3n) is 9.65. The Morgan fingerprint density at radius 2 is 1.71 bits per heavy atom. The van der Waals surface area contributed by atoms with Crippen LogP contribution >= 0.6 is 34.4 Å². The Morgan fingerprint density at radius 1 is 0.981 bits per heavy atom. The van der Waals surface area contributed by atoms with Gasteiger partial charge >= 0.3 is 0 Å². The maximum Gasteiger partial charge on any atom is 0.229 e. The van der Waals surface area contributed by atoms with E-state index in [0.29, 0.717) is 22.3 Å². The monoisotopic (exact) mass is 819 g/mol. The number of piperazine rings is 1. The number of rotatable bonds is 9. The molecule has 0 radical (unpaired) electrons. The van der Waals surface area contributed by atoms with Crippen LogP contribution in [0.25, 0.3) is 10.4 Å². The molecule has 13 heteroatoms. The molecule has 4 heterocycles. The highest BCUT2D eigenvalue weighted by Crippen LogP contribution is 2.42. The lowest BCUT2D eigenvalue weighted by molar-refractivity contribution is 0.0982. The molecule has 2 N–H and O–H groups in total. The summed E-state index contributed by atoms with van der Waals surface area (Å²) < 4.78 is 20.2. The van der Waals surface area contributed by atoms with Gasteiger partial charge in [0.1, 0.15) is 26.8 Å². The smallest absolute Gasteiger partial charge is 0.229 e. The van der Waals surface area contributed by atoms with Gasteiger partial charge in [0, 0.05) is 73.4 Å². The third-order valence-corrected chi connectivity index (χ3v) is 13.7. The van der Waals surface area contributed by atoms with E-state index in [0.717, 1.165) is 63.9 Å². The van der Waals surface area contributed by atoms with Crippen LogP contribution in [0.4, 0.5) is 28.8 Å². The molecule has 0 spiro atoms. The second-order valence-corrected chi connectivity index (χ2v) is 25.2. The van der Waals surface area contributed by atoms with Crippen LogP contribution in [0.1, 0.15) is 23.3 Å². The Kier molecular flexibility index (Phi) is 11.9. The molecule has 0 aliphatic carbocycles. The summed E-state index contributed by atoms with van der Waals surface area (Å²) in [6, 6.07) is 15.2. The van der Waals surface area contributed by atoms with E-state index in [9.17, 15) is 4.57 Å². The molecule has 2 saturated heterocycles. The molecular formula is C39H51BrN7O2PSSi. The Bertz CT molecular complexity index is 2020. The molecule has 9 nitrogen and oxygen atoms in total. The standard InChI is InChI=1S/C39H51BrN7O2PSSi/c1-27-23-33(35(49-3)25-34(27)47-16-13-29(14-17-47)46-20-18-45(2)19-21-46)43-39-41-26-31(40)38(44-39)42-32-11-9-28(24-36(32)50(4,5)48)37-12-10-30(51-37)15-22-52(6,7)8/h9-12,23-26,29H,13-14,16-21H2,1-8H3,(H2,41,42,43,44). The molecule has 52 heavy (non-hydrogen) atoms. The number of nitrogens with one attached hydrogen (secondary N) is 2. The lowest BCUT2D eigenvalue weighted by Gasteiger charge is -2.43. The van der Waals surface area contributed by atoms with Gasteiger partial charge in [-0.2, -0.15) is 4.98 Å².